The molecule has 2 rings (SSSR count). The van der Waals surface area contributed by atoms with Crippen LogP contribution in [0, 0.1) is 5.92 Å². The van der Waals surface area contributed by atoms with Crippen molar-refractivity contribution in [2.75, 3.05) is 32.8 Å². The van der Waals surface area contributed by atoms with Gasteiger partial charge >= 0.3 is 6.09 Å². The number of cyclic esters (lactones) is 1. The van der Waals surface area contributed by atoms with E-state index in [1.165, 1.54) is 12.8 Å². The summed E-state index contributed by atoms with van der Waals surface area (Å²) in [5.74, 6) is 0.597. The Morgan fingerprint density at radius 1 is 1.39 bits per heavy atom. The van der Waals surface area contributed by atoms with Gasteiger partial charge < -0.3 is 20.3 Å². The maximum Gasteiger partial charge on any atom is 0.410 e. The number of carbonyl (C=O) groups is 1. The second kappa shape index (κ2) is 5.89. The van der Waals surface area contributed by atoms with Gasteiger partial charge in [-0.05, 0) is 45.7 Å². The zero-order valence-corrected chi connectivity index (χ0v) is 11.5. The summed E-state index contributed by atoms with van der Waals surface area (Å²) in [6, 6.07) is 0.708. The summed E-state index contributed by atoms with van der Waals surface area (Å²) in [6.45, 7) is 8.52. The van der Waals surface area contributed by atoms with Crippen LogP contribution in [0.4, 0.5) is 4.79 Å². The highest BCUT2D eigenvalue weighted by molar-refractivity contribution is 5.70. The van der Waals surface area contributed by atoms with Gasteiger partial charge in [-0.15, -0.1) is 0 Å². The minimum atomic E-state index is -0.184. The fourth-order valence-electron chi connectivity index (χ4n) is 2.84. The first kappa shape index (κ1) is 13.6. The highest BCUT2D eigenvalue weighted by Gasteiger charge is 2.34. The number of rotatable bonds is 4. The van der Waals surface area contributed by atoms with Crippen LogP contribution < -0.4 is 5.73 Å². The van der Waals surface area contributed by atoms with Crippen molar-refractivity contribution in [3.63, 3.8) is 0 Å². The lowest BCUT2D eigenvalue weighted by atomic mass is 9.95. The fraction of sp³-hybridized carbons (Fsp3) is 0.923. The van der Waals surface area contributed by atoms with Crippen molar-refractivity contribution >= 4 is 6.09 Å². The van der Waals surface area contributed by atoms with E-state index in [1.807, 2.05) is 4.90 Å². The molecule has 18 heavy (non-hydrogen) atoms. The lowest BCUT2D eigenvalue weighted by Gasteiger charge is -2.36. The molecular weight excluding hydrogens is 230 g/mol. The average Bonchev–Trinajstić information content (AvgIpc) is 2.71. The van der Waals surface area contributed by atoms with Gasteiger partial charge in [0.1, 0.15) is 6.61 Å². The molecular formula is C13H25N3O2. The van der Waals surface area contributed by atoms with Crippen LogP contribution in [-0.2, 0) is 4.74 Å². The molecule has 2 fully saturated rings. The molecule has 0 aromatic carbocycles. The van der Waals surface area contributed by atoms with E-state index >= 15 is 0 Å². The number of hydrogen-bond donors (Lipinski definition) is 1. The monoisotopic (exact) mass is 255 g/mol. The summed E-state index contributed by atoms with van der Waals surface area (Å²) in [5, 5.41) is 0. The summed E-state index contributed by atoms with van der Waals surface area (Å²) >= 11 is 0. The normalized spacial score (nSPS) is 27.0. The van der Waals surface area contributed by atoms with Crippen molar-refractivity contribution in [3.8, 4) is 0 Å². The van der Waals surface area contributed by atoms with E-state index in [2.05, 4.69) is 18.7 Å². The molecule has 1 unspecified atom stereocenters. The predicted molar refractivity (Wildman–Crippen MR) is 70.3 cm³/mol. The molecule has 5 heteroatoms. The van der Waals surface area contributed by atoms with Crippen LogP contribution in [0.15, 0.2) is 0 Å². The SMILES string of the molecule is CC(C)N1CCC(CN2C(=O)OCC2CN)CC1. The van der Waals surface area contributed by atoms with Crippen LogP contribution in [-0.4, -0.2) is 60.8 Å². The molecule has 2 saturated heterocycles. The van der Waals surface area contributed by atoms with E-state index in [1.54, 1.807) is 0 Å². The molecule has 104 valence electrons. The summed E-state index contributed by atoms with van der Waals surface area (Å²) in [4.78, 5) is 16.0. The van der Waals surface area contributed by atoms with Gasteiger partial charge in [0.2, 0.25) is 0 Å². The predicted octanol–water partition coefficient (Wildman–Crippen LogP) is 0.886. The standard InChI is InChI=1S/C13H25N3O2/c1-10(2)15-5-3-11(4-6-15)8-16-12(7-14)9-18-13(16)17/h10-12H,3-9,14H2,1-2H3. The molecule has 0 bridgehead atoms. The van der Waals surface area contributed by atoms with Crippen LogP contribution >= 0.6 is 0 Å². The van der Waals surface area contributed by atoms with Gasteiger partial charge in [-0.1, -0.05) is 0 Å². The van der Waals surface area contributed by atoms with Gasteiger partial charge in [-0.3, -0.25) is 0 Å². The Bertz CT molecular complexity index is 288. The topological polar surface area (TPSA) is 58.8 Å². The van der Waals surface area contributed by atoms with E-state index < -0.39 is 0 Å². The van der Waals surface area contributed by atoms with Gasteiger partial charge in [0.15, 0.2) is 0 Å². The quantitative estimate of drug-likeness (QED) is 0.810. The number of likely N-dealkylation sites (tertiary alicyclic amines) is 1. The van der Waals surface area contributed by atoms with Gasteiger partial charge in [-0.2, -0.15) is 0 Å². The molecule has 2 aliphatic heterocycles. The molecule has 0 aromatic rings. The van der Waals surface area contributed by atoms with Crippen molar-refractivity contribution in [2.45, 2.75) is 38.8 Å². The second-order valence-corrected chi connectivity index (χ2v) is 5.69. The molecule has 0 radical (unpaired) electrons. The third-order valence-corrected chi connectivity index (χ3v) is 4.18. The minimum Gasteiger partial charge on any atom is -0.447 e. The van der Waals surface area contributed by atoms with E-state index in [0.717, 1.165) is 19.6 Å². The molecule has 0 aromatic heterocycles. The lowest BCUT2D eigenvalue weighted by Crippen LogP contribution is -2.45. The molecule has 0 spiro atoms. The Morgan fingerprint density at radius 3 is 2.61 bits per heavy atom. The van der Waals surface area contributed by atoms with Crippen LogP contribution in [0.1, 0.15) is 26.7 Å². The third-order valence-electron chi connectivity index (χ3n) is 4.18. The van der Waals surface area contributed by atoms with Crippen LogP contribution in [0.5, 0.6) is 0 Å². The first-order valence-corrected chi connectivity index (χ1v) is 6.99. The van der Waals surface area contributed by atoms with Crippen LogP contribution in [0.3, 0.4) is 0 Å². The van der Waals surface area contributed by atoms with Crippen LogP contribution in [0.2, 0.25) is 0 Å². The molecule has 2 aliphatic rings. The molecule has 1 amide bonds. The van der Waals surface area contributed by atoms with Crippen molar-refractivity contribution in [2.24, 2.45) is 11.7 Å². The summed E-state index contributed by atoms with van der Waals surface area (Å²) < 4.78 is 5.07. The summed E-state index contributed by atoms with van der Waals surface area (Å²) in [7, 11) is 0. The smallest absolute Gasteiger partial charge is 0.410 e. The van der Waals surface area contributed by atoms with Gasteiger partial charge in [0, 0.05) is 19.1 Å². The highest BCUT2D eigenvalue weighted by atomic mass is 16.6. The zero-order valence-electron chi connectivity index (χ0n) is 11.5. The van der Waals surface area contributed by atoms with Crippen LogP contribution in [0.25, 0.3) is 0 Å². The number of amides is 1. The van der Waals surface area contributed by atoms with E-state index in [0.29, 0.717) is 25.1 Å². The molecule has 2 heterocycles. The Kier molecular flexibility index (Phi) is 4.45. The van der Waals surface area contributed by atoms with Crippen molar-refractivity contribution in [3.05, 3.63) is 0 Å². The van der Waals surface area contributed by atoms with Crippen molar-refractivity contribution < 1.29 is 9.53 Å². The first-order chi connectivity index (χ1) is 8.61. The Morgan fingerprint density at radius 2 is 2.06 bits per heavy atom. The van der Waals surface area contributed by atoms with Crippen molar-refractivity contribution in [1.29, 1.82) is 0 Å². The van der Waals surface area contributed by atoms with Gasteiger partial charge in [-0.25, -0.2) is 4.79 Å². The Balaban J connectivity index is 1.82. The largest absolute Gasteiger partial charge is 0.447 e. The zero-order chi connectivity index (χ0) is 13.1. The second-order valence-electron chi connectivity index (χ2n) is 5.69. The van der Waals surface area contributed by atoms with Gasteiger partial charge in [0.05, 0.1) is 6.04 Å². The molecule has 0 saturated carbocycles. The molecule has 1 atom stereocenters. The number of nitrogens with two attached hydrogens (primary N) is 1. The third kappa shape index (κ3) is 2.95. The van der Waals surface area contributed by atoms with E-state index in [4.69, 9.17) is 10.5 Å². The average molecular weight is 255 g/mol. The van der Waals surface area contributed by atoms with Gasteiger partial charge in [0.25, 0.3) is 0 Å². The number of carbonyl (C=O) groups excluding carboxylic acids is 1. The Hall–Kier alpha value is -0.810. The number of ether oxygens (including phenoxy) is 1. The first-order valence-electron chi connectivity index (χ1n) is 6.99. The minimum absolute atomic E-state index is 0.0839. The maximum absolute atomic E-state index is 11.6. The number of hydrogen-bond acceptors (Lipinski definition) is 4. The molecule has 2 N–H and O–H groups in total. The van der Waals surface area contributed by atoms with Crippen molar-refractivity contribution in [1.82, 2.24) is 9.80 Å². The molecule has 0 aliphatic carbocycles. The van der Waals surface area contributed by atoms with E-state index in [-0.39, 0.29) is 12.1 Å². The summed E-state index contributed by atoms with van der Waals surface area (Å²) in [6.07, 6.45) is 2.15. The number of piperidine rings is 1. The summed E-state index contributed by atoms with van der Waals surface area (Å²) in [5.41, 5.74) is 5.67. The Labute approximate surface area is 109 Å². The number of nitrogens with zero attached hydrogens (tertiary/aromatic N) is 2. The van der Waals surface area contributed by atoms with E-state index in [9.17, 15) is 4.79 Å². The fourth-order valence-corrected chi connectivity index (χ4v) is 2.84. The maximum atomic E-state index is 11.6. The lowest BCUT2D eigenvalue weighted by molar-refractivity contribution is 0.118. The highest BCUT2D eigenvalue weighted by Crippen LogP contribution is 2.22. The molecule has 5 nitrogen and oxygen atoms in total.